The Labute approximate surface area is 150 Å². The number of hydrogen-bond acceptors (Lipinski definition) is 3. The largest absolute Gasteiger partial charge is 0.324 e. The zero-order valence-electron chi connectivity index (χ0n) is 13.8. The first kappa shape index (κ1) is 15.9. The molecular weight excluding hydrogens is 338 g/mol. The van der Waals surface area contributed by atoms with Gasteiger partial charge in [0.05, 0.1) is 0 Å². The minimum absolute atomic E-state index is 0.110. The fourth-order valence-corrected chi connectivity index (χ4v) is 3.52. The van der Waals surface area contributed by atoms with E-state index < -0.39 is 0 Å². The second-order valence-electron chi connectivity index (χ2n) is 6.25. The first-order chi connectivity index (χ1) is 12.1. The molecule has 1 atom stereocenters. The summed E-state index contributed by atoms with van der Waals surface area (Å²) in [6, 6.07) is 10.9. The topological polar surface area (TPSA) is 63.1 Å². The van der Waals surface area contributed by atoms with Crippen LogP contribution in [0.25, 0.3) is 11.2 Å². The third-order valence-electron chi connectivity index (χ3n) is 4.58. The molecule has 1 aliphatic heterocycles. The number of urea groups is 1. The van der Waals surface area contributed by atoms with Gasteiger partial charge in [0.2, 0.25) is 0 Å². The summed E-state index contributed by atoms with van der Waals surface area (Å²) in [7, 11) is 1.98. The molecule has 6 nitrogen and oxygen atoms in total. The summed E-state index contributed by atoms with van der Waals surface area (Å²) < 4.78 is 2.03. The van der Waals surface area contributed by atoms with Crippen molar-refractivity contribution < 1.29 is 4.79 Å². The second-order valence-corrected chi connectivity index (χ2v) is 6.68. The van der Waals surface area contributed by atoms with Crippen LogP contribution in [-0.4, -0.2) is 38.6 Å². The number of fused-ring (bicyclic) bond motifs is 1. The van der Waals surface area contributed by atoms with Gasteiger partial charge < -0.3 is 14.8 Å². The van der Waals surface area contributed by atoms with Crippen LogP contribution in [0.1, 0.15) is 18.2 Å². The van der Waals surface area contributed by atoms with Gasteiger partial charge in [0, 0.05) is 43.0 Å². The van der Waals surface area contributed by atoms with E-state index in [4.69, 9.17) is 16.6 Å². The number of nitrogens with one attached hydrogen (secondary N) is 1. The second kappa shape index (κ2) is 6.37. The fourth-order valence-electron chi connectivity index (χ4n) is 3.33. The number of imidazole rings is 1. The van der Waals surface area contributed by atoms with Gasteiger partial charge in [-0.2, -0.15) is 0 Å². The highest BCUT2D eigenvalue weighted by Crippen LogP contribution is 2.28. The van der Waals surface area contributed by atoms with E-state index >= 15 is 0 Å². The van der Waals surface area contributed by atoms with Crippen molar-refractivity contribution in [3.63, 3.8) is 0 Å². The maximum Gasteiger partial charge on any atom is 0.321 e. The molecule has 1 N–H and O–H groups in total. The molecule has 0 bridgehead atoms. The number of hydrogen-bond donors (Lipinski definition) is 1. The van der Waals surface area contributed by atoms with Crippen LogP contribution in [0.2, 0.25) is 5.02 Å². The Hall–Kier alpha value is -2.60. The highest BCUT2D eigenvalue weighted by atomic mass is 35.5. The average molecular weight is 356 g/mol. The van der Waals surface area contributed by atoms with Crippen molar-refractivity contribution in [3.8, 4) is 0 Å². The number of aryl methyl sites for hydroxylation is 1. The molecule has 1 saturated heterocycles. The number of carbonyl (C=O) groups excluding carboxylic acids is 1. The molecule has 3 heterocycles. The molecule has 3 aromatic rings. The molecule has 128 valence electrons. The Morgan fingerprint density at radius 1 is 1.32 bits per heavy atom. The lowest BCUT2D eigenvalue weighted by Crippen LogP contribution is -2.32. The van der Waals surface area contributed by atoms with E-state index in [1.165, 1.54) is 0 Å². The highest BCUT2D eigenvalue weighted by Gasteiger charge is 2.30. The molecule has 2 amide bonds. The lowest BCUT2D eigenvalue weighted by Gasteiger charge is -2.17. The first-order valence-corrected chi connectivity index (χ1v) is 8.58. The van der Waals surface area contributed by atoms with Crippen LogP contribution in [0.5, 0.6) is 0 Å². The third kappa shape index (κ3) is 3.05. The maximum absolute atomic E-state index is 12.5. The smallest absolute Gasteiger partial charge is 0.321 e. The lowest BCUT2D eigenvalue weighted by atomic mass is 10.1. The van der Waals surface area contributed by atoms with E-state index in [1.54, 1.807) is 18.3 Å². The molecule has 0 radical (unpaired) electrons. The van der Waals surface area contributed by atoms with Gasteiger partial charge in [0.1, 0.15) is 11.3 Å². The van der Waals surface area contributed by atoms with Crippen molar-refractivity contribution in [3.05, 3.63) is 53.4 Å². The number of rotatable bonds is 2. The van der Waals surface area contributed by atoms with Crippen molar-refractivity contribution in [2.75, 3.05) is 18.4 Å². The van der Waals surface area contributed by atoms with Crippen molar-refractivity contribution in [1.82, 2.24) is 19.4 Å². The molecule has 25 heavy (non-hydrogen) atoms. The van der Waals surface area contributed by atoms with Crippen LogP contribution in [0.4, 0.5) is 10.5 Å². The SMILES string of the molecule is Cn1c(C2CCN(C(=O)Nc3cccc(Cl)c3)C2)nc2cccnc21. The van der Waals surface area contributed by atoms with Crippen LogP contribution in [0, 0.1) is 0 Å². The zero-order valence-corrected chi connectivity index (χ0v) is 14.6. The highest BCUT2D eigenvalue weighted by molar-refractivity contribution is 6.30. The molecule has 0 saturated carbocycles. The van der Waals surface area contributed by atoms with E-state index in [2.05, 4.69) is 10.3 Å². The summed E-state index contributed by atoms with van der Waals surface area (Å²) >= 11 is 5.97. The standard InChI is InChI=1S/C18H18ClN5O/c1-23-16(22-15-6-3-8-20-17(15)23)12-7-9-24(11-12)18(25)21-14-5-2-4-13(19)10-14/h2-6,8,10,12H,7,9,11H2,1H3,(H,21,25). The molecule has 4 rings (SSSR count). The third-order valence-corrected chi connectivity index (χ3v) is 4.81. The molecule has 0 aliphatic carbocycles. The minimum atomic E-state index is -0.110. The Balaban J connectivity index is 1.49. The van der Waals surface area contributed by atoms with Gasteiger partial charge in [-0.05, 0) is 36.8 Å². The van der Waals surface area contributed by atoms with Gasteiger partial charge in [0.25, 0.3) is 0 Å². The number of anilines is 1. The molecule has 1 aliphatic rings. The molecule has 1 aromatic carbocycles. The van der Waals surface area contributed by atoms with Gasteiger partial charge in [-0.3, -0.25) is 0 Å². The average Bonchev–Trinajstić information content (AvgIpc) is 3.20. The van der Waals surface area contributed by atoms with Crippen LogP contribution in [-0.2, 0) is 7.05 Å². The molecule has 0 spiro atoms. The predicted molar refractivity (Wildman–Crippen MR) is 97.9 cm³/mol. The summed E-state index contributed by atoms with van der Waals surface area (Å²) in [5.41, 5.74) is 2.47. The van der Waals surface area contributed by atoms with Crippen LogP contribution in [0.3, 0.4) is 0 Å². The summed E-state index contributed by atoms with van der Waals surface area (Å²) in [6.45, 7) is 1.34. The van der Waals surface area contributed by atoms with E-state index in [0.29, 0.717) is 23.8 Å². The van der Waals surface area contributed by atoms with Crippen LogP contribution in [0.15, 0.2) is 42.6 Å². The van der Waals surface area contributed by atoms with Gasteiger partial charge >= 0.3 is 6.03 Å². The van der Waals surface area contributed by atoms with Gasteiger partial charge in [0.15, 0.2) is 5.65 Å². The number of amides is 2. The molecule has 1 unspecified atom stereocenters. The Bertz CT molecular complexity index is 938. The van der Waals surface area contributed by atoms with E-state index in [-0.39, 0.29) is 11.9 Å². The normalized spacial score (nSPS) is 17.2. The molecular formula is C18H18ClN5O. The number of halogens is 1. The summed E-state index contributed by atoms with van der Waals surface area (Å²) in [5.74, 6) is 1.19. The predicted octanol–water partition coefficient (Wildman–Crippen LogP) is 3.64. The summed E-state index contributed by atoms with van der Waals surface area (Å²) in [5, 5.41) is 3.50. The quantitative estimate of drug-likeness (QED) is 0.763. The van der Waals surface area contributed by atoms with Crippen molar-refractivity contribution >= 4 is 34.5 Å². The van der Waals surface area contributed by atoms with E-state index in [9.17, 15) is 4.79 Å². The summed E-state index contributed by atoms with van der Waals surface area (Å²) in [6.07, 6.45) is 2.66. The number of carbonyl (C=O) groups is 1. The number of benzene rings is 1. The van der Waals surface area contributed by atoms with Crippen LogP contribution < -0.4 is 5.32 Å². The maximum atomic E-state index is 12.5. The van der Waals surface area contributed by atoms with Crippen molar-refractivity contribution in [1.29, 1.82) is 0 Å². The van der Waals surface area contributed by atoms with Crippen LogP contribution >= 0.6 is 11.6 Å². The Kier molecular flexibility index (Phi) is 4.05. The molecule has 2 aromatic heterocycles. The van der Waals surface area contributed by atoms with Gasteiger partial charge in [-0.25, -0.2) is 14.8 Å². The number of nitrogens with zero attached hydrogens (tertiary/aromatic N) is 4. The van der Waals surface area contributed by atoms with Gasteiger partial charge in [-0.15, -0.1) is 0 Å². The van der Waals surface area contributed by atoms with Gasteiger partial charge in [-0.1, -0.05) is 17.7 Å². The Morgan fingerprint density at radius 2 is 2.20 bits per heavy atom. The molecule has 7 heteroatoms. The number of aromatic nitrogens is 3. The van der Waals surface area contributed by atoms with E-state index in [1.807, 2.05) is 40.8 Å². The first-order valence-electron chi connectivity index (χ1n) is 8.20. The van der Waals surface area contributed by atoms with Crippen molar-refractivity contribution in [2.45, 2.75) is 12.3 Å². The minimum Gasteiger partial charge on any atom is -0.324 e. The van der Waals surface area contributed by atoms with Crippen molar-refractivity contribution in [2.24, 2.45) is 7.05 Å². The van der Waals surface area contributed by atoms with E-state index in [0.717, 1.165) is 23.4 Å². The zero-order chi connectivity index (χ0) is 17.4. The molecule has 1 fully saturated rings. The fraction of sp³-hybridized carbons (Fsp3) is 0.278. The number of likely N-dealkylation sites (tertiary alicyclic amines) is 1. The lowest BCUT2D eigenvalue weighted by molar-refractivity contribution is 0.222. The Morgan fingerprint density at radius 3 is 3.00 bits per heavy atom. The number of pyridine rings is 1. The monoisotopic (exact) mass is 355 g/mol. The summed E-state index contributed by atoms with van der Waals surface area (Å²) in [4.78, 5) is 23.4.